The number of primary amides is 1. The topological polar surface area (TPSA) is 150 Å². The fourth-order valence-corrected chi connectivity index (χ4v) is 4.37. The SMILES string of the molecule is C/C=C/C(=O)CC[C@H](NC(=O)OC(C)(C)C)C(=O)N1C[C@H](Oc2nccc3cc(OC)ccc23)C[C@H]1C(N)=O. The Hall–Kier alpha value is -4.15. The van der Waals surface area contributed by atoms with E-state index in [1.807, 2.05) is 18.2 Å². The average Bonchev–Trinajstić information content (AvgIpc) is 3.29. The number of nitrogens with two attached hydrogens (primary N) is 1. The van der Waals surface area contributed by atoms with Crippen molar-refractivity contribution in [2.24, 2.45) is 5.73 Å². The van der Waals surface area contributed by atoms with E-state index in [1.165, 1.54) is 11.0 Å². The third-order valence-electron chi connectivity index (χ3n) is 6.11. The predicted molar refractivity (Wildman–Crippen MR) is 144 cm³/mol. The number of hydrogen-bond donors (Lipinski definition) is 2. The number of methoxy groups -OCH3 is 1. The van der Waals surface area contributed by atoms with Gasteiger partial charge in [0.05, 0.1) is 13.7 Å². The Morgan fingerprint density at radius 1 is 1.23 bits per heavy atom. The molecule has 210 valence electrons. The second-order valence-corrected chi connectivity index (χ2v) is 10.3. The van der Waals surface area contributed by atoms with Gasteiger partial charge in [-0.1, -0.05) is 6.08 Å². The number of likely N-dealkylation sites (tertiary alicyclic amines) is 1. The highest BCUT2D eigenvalue weighted by atomic mass is 16.6. The number of rotatable bonds is 10. The van der Waals surface area contributed by atoms with Crippen LogP contribution in [0, 0.1) is 0 Å². The van der Waals surface area contributed by atoms with Crippen molar-refractivity contribution in [1.29, 1.82) is 0 Å². The Balaban J connectivity index is 1.81. The van der Waals surface area contributed by atoms with Gasteiger partial charge in [0, 0.05) is 24.4 Å². The molecule has 0 saturated carbocycles. The lowest BCUT2D eigenvalue weighted by molar-refractivity contribution is -0.139. The normalized spacial score (nSPS) is 18.1. The van der Waals surface area contributed by atoms with E-state index in [2.05, 4.69) is 10.3 Å². The molecule has 0 spiro atoms. The summed E-state index contributed by atoms with van der Waals surface area (Å²) < 4.78 is 16.7. The third-order valence-corrected chi connectivity index (χ3v) is 6.11. The summed E-state index contributed by atoms with van der Waals surface area (Å²) in [5, 5.41) is 4.15. The number of carbonyl (C=O) groups is 4. The van der Waals surface area contributed by atoms with Crippen molar-refractivity contribution in [3.05, 3.63) is 42.6 Å². The van der Waals surface area contributed by atoms with Gasteiger partial charge in [-0.15, -0.1) is 0 Å². The zero-order chi connectivity index (χ0) is 28.7. The number of aromatic nitrogens is 1. The predicted octanol–water partition coefficient (Wildman–Crippen LogP) is 2.90. The maximum Gasteiger partial charge on any atom is 0.408 e. The molecule has 3 amide bonds. The molecule has 0 radical (unpaired) electrons. The van der Waals surface area contributed by atoms with Crippen LogP contribution < -0.4 is 20.5 Å². The lowest BCUT2D eigenvalue weighted by Gasteiger charge is -2.28. The van der Waals surface area contributed by atoms with Gasteiger partial charge in [-0.3, -0.25) is 14.4 Å². The molecule has 3 N–H and O–H groups in total. The average molecular weight is 541 g/mol. The van der Waals surface area contributed by atoms with Crippen LogP contribution >= 0.6 is 0 Å². The highest BCUT2D eigenvalue weighted by Gasteiger charge is 2.42. The zero-order valence-corrected chi connectivity index (χ0v) is 22.9. The molecule has 11 nitrogen and oxygen atoms in total. The number of ether oxygens (including phenoxy) is 3. The van der Waals surface area contributed by atoms with Crippen LogP contribution in [0.5, 0.6) is 11.6 Å². The van der Waals surface area contributed by atoms with E-state index < -0.39 is 41.7 Å². The number of fused-ring (bicyclic) bond motifs is 1. The standard InChI is InChI=1S/C28H36N4O7/c1-6-7-18(33)8-11-22(31-27(36)39-28(2,3)4)26(35)32-16-20(15-23(32)24(29)34)38-25-21-10-9-19(37-5)14-17(21)12-13-30-25/h6-7,9-10,12-14,20,22-23H,8,11,15-16H2,1-5H3,(H2,29,34)(H,31,36)/b7-6+/t20-,22+,23+/m1/s1. The summed E-state index contributed by atoms with van der Waals surface area (Å²) in [5.74, 6) is -0.430. The Labute approximate surface area is 227 Å². The monoisotopic (exact) mass is 540 g/mol. The van der Waals surface area contributed by atoms with Crippen LogP contribution in [0.25, 0.3) is 10.8 Å². The molecular formula is C28H36N4O7. The first-order valence-electron chi connectivity index (χ1n) is 12.8. The molecule has 1 fully saturated rings. The molecule has 3 rings (SSSR count). The van der Waals surface area contributed by atoms with Gasteiger partial charge in [-0.25, -0.2) is 9.78 Å². The molecule has 11 heteroatoms. The van der Waals surface area contributed by atoms with Gasteiger partial charge in [-0.05, 0) is 69.8 Å². The summed E-state index contributed by atoms with van der Waals surface area (Å²) in [6, 6.07) is 5.20. The maximum atomic E-state index is 13.6. The molecule has 1 aliphatic heterocycles. The number of pyridine rings is 1. The zero-order valence-electron chi connectivity index (χ0n) is 22.9. The van der Waals surface area contributed by atoms with Crippen LogP contribution in [0.2, 0.25) is 0 Å². The van der Waals surface area contributed by atoms with E-state index >= 15 is 0 Å². The Kier molecular flexibility index (Phi) is 9.50. The highest BCUT2D eigenvalue weighted by Crippen LogP contribution is 2.30. The van der Waals surface area contributed by atoms with Crippen LogP contribution in [0.15, 0.2) is 42.6 Å². The first-order valence-corrected chi connectivity index (χ1v) is 12.8. The number of alkyl carbamates (subject to hydrolysis) is 1. The van der Waals surface area contributed by atoms with Gasteiger partial charge in [0.15, 0.2) is 5.78 Å². The molecule has 2 aromatic rings. The second kappa shape index (κ2) is 12.6. The van der Waals surface area contributed by atoms with Crippen LogP contribution in [0.1, 0.15) is 47.0 Å². The van der Waals surface area contributed by atoms with Gasteiger partial charge >= 0.3 is 6.09 Å². The van der Waals surface area contributed by atoms with Crippen molar-refractivity contribution in [2.75, 3.05) is 13.7 Å². The Bertz CT molecular complexity index is 1250. The van der Waals surface area contributed by atoms with Gasteiger partial charge < -0.3 is 30.2 Å². The fourth-order valence-electron chi connectivity index (χ4n) is 4.37. The van der Waals surface area contributed by atoms with E-state index in [0.717, 1.165) is 10.8 Å². The summed E-state index contributed by atoms with van der Waals surface area (Å²) >= 11 is 0. The van der Waals surface area contributed by atoms with Crippen LogP contribution in [0.4, 0.5) is 4.79 Å². The van der Waals surface area contributed by atoms with Crippen LogP contribution in [0.3, 0.4) is 0 Å². The molecule has 1 aliphatic rings. The number of amides is 3. The number of hydrogen-bond acceptors (Lipinski definition) is 8. The Morgan fingerprint density at radius 3 is 2.62 bits per heavy atom. The third kappa shape index (κ3) is 7.92. The lowest BCUT2D eigenvalue weighted by atomic mass is 10.1. The van der Waals surface area contributed by atoms with Crippen molar-refractivity contribution in [3.8, 4) is 11.6 Å². The van der Waals surface area contributed by atoms with E-state index in [0.29, 0.717) is 11.6 Å². The lowest BCUT2D eigenvalue weighted by Crippen LogP contribution is -2.53. The fraction of sp³-hybridized carbons (Fsp3) is 0.464. The van der Waals surface area contributed by atoms with Gasteiger partial charge in [0.2, 0.25) is 17.7 Å². The summed E-state index contributed by atoms with van der Waals surface area (Å²) in [7, 11) is 1.58. The van der Waals surface area contributed by atoms with Gasteiger partial charge in [0.25, 0.3) is 0 Å². The van der Waals surface area contributed by atoms with E-state index in [4.69, 9.17) is 19.9 Å². The number of ketones is 1. The summed E-state index contributed by atoms with van der Waals surface area (Å²) in [6.45, 7) is 6.84. The first kappa shape index (κ1) is 29.4. The minimum absolute atomic E-state index is 0.00887. The van der Waals surface area contributed by atoms with Crippen molar-refractivity contribution >= 4 is 34.5 Å². The minimum atomic E-state index is -1.11. The van der Waals surface area contributed by atoms with Crippen molar-refractivity contribution in [2.45, 2.75) is 70.7 Å². The molecule has 0 bridgehead atoms. The van der Waals surface area contributed by atoms with Gasteiger partial charge in [0.1, 0.15) is 29.5 Å². The van der Waals surface area contributed by atoms with Crippen molar-refractivity contribution < 1.29 is 33.4 Å². The molecule has 0 unspecified atom stereocenters. The molecule has 1 saturated heterocycles. The minimum Gasteiger partial charge on any atom is -0.497 e. The maximum absolute atomic E-state index is 13.6. The highest BCUT2D eigenvalue weighted by molar-refractivity contribution is 5.93. The van der Waals surface area contributed by atoms with Crippen molar-refractivity contribution in [1.82, 2.24) is 15.2 Å². The molecule has 2 heterocycles. The number of nitrogens with zero attached hydrogens (tertiary/aromatic N) is 2. The van der Waals surface area contributed by atoms with Gasteiger partial charge in [-0.2, -0.15) is 0 Å². The smallest absolute Gasteiger partial charge is 0.408 e. The Morgan fingerprint density at radius 2 is 1.97 bits per heavy atom. The number of benzene rings is 1. The second-order valence-electron chi connectivity index (χ2n) is 10.3. The molecule has 3 atom stereocenters. The summed E-state index contributed by atoms with van der Waals surface area (Å²) in [5.41, 5.74) is 4.86. The first-order chi connectivity index (χ1) is 18.4. The molecular weight excluding hydrogens is 504 g/mol. The summed E-state index contributed by atoms with van der Waals surface area (Å²) in [4.78, 5) is 56.3. The van der Waals surface area contributed by atoms with E-state index in [-0.39, 0.29) is 31.6 Å². The summed E-state index contributed by atoms with van der Waals surface area (Å²) in [6.07, 6.45) is 3.37. The van der Waals surface area contributed by atoms with E-state index in [9.17, 15) is 19.2 Å². The molecule has 1 aromatic carbocycles. The largest absolute Gasteiger partial charge is 0.497 e. The number of nitrogens with one attached hydrogen (secondary N) is 1. The van der Waals surface area contributed by atoms with Crippen LogP contribution in [-0.4, -0.2) is 71.0 Å². The number of carbonyl (C=O) groups excluding carboxylic acids is 4. The molecule has 0 aliphatic carbocycles. The number of allylic oxidation sites excluding steroid dienone is 2. The molecule has 39 heavy (non-hydrogen) atoms. The molecule has 1 aromatic heterocycles. The quantitative estimate of drug-likeness (QED) is 0.437. The van der Waals surface area contributed by atoms with Crippen LogP contribution in [-0.2, 0) is 19.1 Å². The van der Waals surface area contributed by atoms with Crippen molar-refractivity contribution in [3.63, 3.8) is 0 Å². The van der Waals surface area contributed by atoms with E-state index in [1.54, 1.807) is 53.1 Å².